The van der Waals surface area contributed by atoms with Gasteiger partial charge in [-0.05, 0) is 13.3 Å². The van der Waals surface area contributed by atoms with Gasteiger partial charge in [-0.2, -0.15) is 0 Å². The zero-order valence-electron chi connectivity index (χ0n) is 10.7. The highest BCUT2D eigenvalue weighted by Gasteiger charge is 2.01. The van der Waals surface area contributed by atoms with Crippen molar-refractivity contribution in [1.82, 2.24) is 16.0 Å². The Labute approximate surface area is 102 Å². The van der Waals surface area contributed by atoms with Gasteiger partial charge in [0.1, 0.15) is 0 Å². The summed E-state index contributed by atoms with van der Waals surface area (Å²) in [6, 6.07) is 0. The molecule has 6 heteroatoms. The monoisotopic (exact) mass is 245 g/mol. The molecule has 0 spiro atoms. The predicted molar refractivity (Wildman–Crippen MR) is 65.7 cm³/mol. The molecule has 17 heavy (non-hydrogen) atoms. The molecule has 6 nitrogen and oxygen atoms in total. The van der Waals surface area contributed by atoms with Crippen LogP contribution in [-0.2, 0) is 14.3 Å². The largest absolute Gasteiger partial charge is 0.385 e. The third kappa shape index (κ3) is 11.1. The second-order valence-electron chi connectivity index (χ2n) is 3.58. The lowest BCUT2D eigenvalue weighted by Gasteiger charge is -2.06. The van der Waals surface area contributed by atoms with Crippen molar-refractivity contribution >= 4 is 11.8 Å². The molecule has 0 aromatic carbocycles. The van der Waals surface area contributed by atoms with E-state index in [-0.39, 0.29) is 18.4 Å². The van der Waals surface area contributed by atoms with Gasteiger partial charge in [0.05, 0.1) is 6.54 Å². The quantitative estimate of drug-likeness (QED) is 0.443. The van der Waals surface area contributed by atoms with E-state index in [4.69, 9.17) is 4.74 Å². The van der Waals surface area contributed by atoms with Crippen LogP contribution in [0, 0.1) is 0 Å². The van der Waals surface area contributed by atoms with Crippen molar-refractivity contribution < 1.29 is 14.3 Å². The van der Waals surface area contributed by atoms with Gasteiger partial charge in [-0.15, -0.1) is 0 Å². The second kappa shape index (κ2) is 11.3. The van der Waals surface area contributed by atoms with E-state index in [1.54, 1.807) is 7.11 Å². The van der Waals surface area contributed by atoms with Crippen LogP contribution >= 0.6 is 0 Å². The molecule has 0 aromatic rings. The van der Waals surface area contributed by atoms with Gasteiger partial charge in [-0.1, -0.05) is 0 Å². The number of ether oxygens (including phenoxy) is 1. The van der Waals surface area contributed by atoms with Crippen LogP contribution in [0.5, 0.6) is 0 Å². The van der Waals surface area contributed by atoms with Gasteiger partial charge in [-0.3, -0.25) is 9.59 Å². The zero-order valence-corrected chi connectivity index (χ0v) is 10.7. The fourth-order valence-corrected chi connectivity index (χ4v) is 1.20. The first-order chi connectivity index (χ1) is 8.20. The van der Waals surface area contributed by atoms with Gasteiger partial charge in [0.2, 0.25) is 11.8 Å². The van der Waals surface area contributed by atoms with Crippen molar-refractivity contribution in [1.29, 1.82) is 0 Å². The van der Waals surface area contributed by atoms with Gasteiger partial charge < -0.3 is 20.7 Å². The fraction of sp³-hybridized carbons (Fsp3) is 0.818. The number of hydrogen-bond donors (Lipinski definition) is 3. The molecule has 0 aromatic heterocycles. The average Bonchev–Trinajstić information content (AvgIpc) is 2.31. The smallest absolute Gasteiger partial charge is 0.233 e. The maximum Gasteiger partial charge on any atom is 0.233 e. The van der Waals surface area contributed by atoms with Crippen LogP contribution in [0.2, 0.25) is 0 Å². The van der Waals surface area contributed by atoms with Gasteiger partial charge >= 0.3 is 0 Å². The molecule has 0 fully saturated rings. The number of hydrogen-bond acceptors (Lipinski definition) is 4. The molecular weight excluding hydrogens is 222 g/mol. The third-order valence-corrected chi connectivity index (χ3v) is 2.04. The van der Waals surface area contributed by atoms with Crippen molar-refractivity contribution in [2.75, 3.05) is 39.9 Å². The van der Waals surface area contributed by atoms with E-state index in [1.165, 1.54) is 0 Å². The fourth-order valence-electron chi connectivity index (χ4n) is 1.20. The summed E-state index contributed by atoms with van der Waals surface area (Å²) in [4.78, 5) is 22.3. The van der Waals surface area contributed by atoms with Crippen LogP contribution in [-0.4, -0.2) is 51.7 Å². The summed E-state index contributed by atoms with van der Waals surface area (Å²) in [6.07, 6.45) is 1.20. The van der Waals surface area contributed by atoms with Crippen molar-refractivity contribution in [2.24, 2.45) is 0 Å². The zero-order chi connectivity index (χ0) is 12.9. The van der Waals surface area contributed by atoms with Gasteiger partial charge in [0.25, 0.3) is 0 Å². The molecular formula is C11H23N3O3. The predicted octanol–water partition coefficient (Wildman–Crippen LogP) is -0.745. The molecule has 0 heterocycles. The van der Waals surface area contributed by atoms with Crippen LogP contribution < -0.4 is 16.0 Å². The molecule has 100 valence electrons. The number of carbonyl (C=O) groups excluding carboxylic acids is 2. The molecule has 0 bridgehead atoms. The number of rotatable bonds is 10. The number of carbonyl (C=O) groups is 2. The Bertz CT molecular complexity index is 222. The molecule has 3 N–H and O–H groups in total. The molecule has 0 aliphatic carbocycles. The van der Waals surface area contributed by atoms with E-state index >= 15 is 0 Å². The first kappa shape index (κ1) is 15.9. The Balaban J connectivity index is 3.30. The number of amides is 2. The Kier molecular flexibility index (Phi) is 10.6. The minimum Gasteiger partial charge on any atom is -0.385 e. The SMILES string of the molecule is CCNC(=O)CCNCC(=O)NCCCOC. The maximum absolute atomic E-state index is 11.3. The highest BCUT2D eigenvalue weighted by atomic mass is 16.5. The van der Waals surface area contributed by atoms with Crippen molar-refractivity contribution in [3.05, 3.63) is 0 Å². The Morgan fingerprint density at radius 1 is 1.12 bits per heavy atom. The summed E-state index contributed by atoms with van der Waals surface area (Å²) in [5, 5.41) is 8.35. The Hall–Kier alpha value is -1.14. The summed E-state index contributed by atoms with van der Waals surface area (Å²) in [6.45, 7) is 4.52. The van der Waals surface area contributed by atoms with E-state index in [9.17, 15) is 9.59 Å². The molecule has 0 aliphatic heterocycles. The van der Waals surface area contributed by atoms with Crippen LogP contribution in [0.15, 0.2) is 0 Å². The minimum absolute atomic E-state index is 0.000465. The molecule has 0 atom stereocenters. The minimum atomic E-state index is -0.0583. The third-order valence-electron chi connectivity index (χ3n) is 2.04. The van der Waals surface area contributed by atoms with Gasteiger partial charge in [-0.25, -0.2) is 0 Å². The molecule has 0 saturated heterocycles. The topological polar surface area (TPSA) is 79.5 Å². The van der Waals surface area contributed by atoms with Crippen molar-refractivity contribution in [2.45, 2.75) is 19.8 Å². The highest BCUT2D eigenvalue weighted by molar-refractivity contribution is 5.78. The Morgan fingerprint density at radius 3 is 2.53 bits per heavy atom. The van der Waals surface area contributed by atoms with Crippen molar-refractivity contribution in [3.63, 3.8) is 0 Å². The highest BCUT2D eigenvalue weighted by Crippen LogP contribution is 1.78. The summed E-state index contributed by atoms with van der Waals surface area (Å²) in [5.74, 6) is -0.0579. The molecule has 0 saturated carbocycles. The van der Waals surface area contributed by atoms with E-state index in [0.29, 0.717) is 32.7 Å². The first-order valence-electron chi connectivity index (χ1n) is 5.93. The number of nitrogens with one attached hydrogen (secondary N) is 3. The van der Waals surface area contributed by atoms with Gasteiger partial charge in [0.15, 0.2) is 0 Å². The van der Waals surface area contributed by atoms with E-state index in [0.717, 1.165) is 6.42 Å². The van der Waals surface area contributed by atoms with Crippen LogP contribution in [0.4, 0.5) is 0 Å². The lowest BCUT2D eigenvalue weighted by molar-refractivity contribution is -0.122. The summed E-state index contributed by atoms with van der Waals surface area (Å²) in [5.41, 5.74) is 0. The molecule has 2 amide bonds. The molecule has 0 aliphatic rings. The lowest BCUT2D eigenvalue weighted by Crippen LogP contribution is -2.36. The van der Waals surface area contributed by atoms with E-state index in [2.05, 4.69) is 16.0 Å². The maximum atomic E-state index is 11.3. The standard InChI is InChI=1S/C11H23N3O3/c1-3-13-10(15)5-7-12-9-11(16)14-6-4-8-17-2/h12H,3-9H2,1-2H3,(H,13,15)(H,14,16). The van der Waals surface area contributed by atoms with Crippen LogP contribution in [0.3, 0.4) is 0 Å². The van der Waals surface area contributed by atoms with Crippen LogP contribution in [0.1, 0.15) is 19.8 Å². The molecule has 0 rings (SSSR count). The van der Waals surface area contributed by atoms with E-state index < -0.39 is 0 Å². The molecule has 0 unspecified atom stereocenters. The lowest BCUT2D eigenvalue weighted by atomic mass is 10.4. The number of methoxy groups -OCH3 is 1. The first-order valence-corrected chi connectivity index (χ1v) is 5.93. The molecule has 0 radical (unpaired) electrons. The van der Waals surface area contributed by atoms with Crippen LogP contribution in [0.25, 0.3) is 0 Å². The second-order valence-corrected chi connectivity index (χ2v) is 3.58. The summed E-state index contributed by atoms with van der Waals surface area (Å²) >= 11 is 0. The summed E-state index contributed by atoms with van der Waals surface area (Å²) in [7, 11) is 1.63. The Morgan fingerprint density at radius 2 is 1.88 bits per heavy atom. The van der Waals surface area contributed by atoms with Gasteiger partial charge in [0, 0.05) is 39.8 Å². The average molecular weight is 245 g/mol. The normalized spacial score (nSPS) is 10.0. The van der Waals surface area contributed by atoms with E-state index in [1.807, 2.05) is 6.92 Å². The van der Waals surface area contributed by atoms with Crippen molar-refractivity contribution in [3.8, 4) is 0 Å². The summed E-state index contributed by atoms with van der Waals surface area (Å²) < 4.78 is 4.86.